The standard InChI is InChI=1S/C9H7BrN2S.C8H9BrN2S.C8H6BrN.C4H10O3.H4N2.H2S/c1-6-2-3-7(4-8(6)10)9-12-11-5-13-9;1-5-2-3-6(4-7(5)9)8(12)11-10;1-6-2-3-7(5-10)4-8(6)9;1-5-4(6-2)7-3;1-2;/h2-5H,1H3;2-4H,10H2,1H3,(H,11,12);2-4H,1H3;4H,1-3H3;1-2H2;1H2. The average molecular weight is 869 g/mol. The first-order chi connectivity index (χ1) is 21.0. The van der Waals surface area contributed by atoms with Crippen LogP contribution >= 0.6 is 84.8 Å². The minimum absolute atomic E-state index is 0. The molecule has 3 aromatic carbocycles. The molecule has 10 nitrogen and oxygen atoms in total. The van der Waals surface area contributed by atoms with Crippen LogP contribution in [0.3, 0.4) is 0 Å². The molecule has 0 atom stereocenters. The lowest BCUT2D eigenvalue weighted by Crippen LogP contribution is -2.29. The highest BCUT2D eigenvalue weighted by atomic mass is 79.9. The molecular formula is C29H38Br3N7O3S3. The van der Waals surface area contributed by atoms with E-state index in [4.69, 9.17) is 23.3 Å². The first kappa shape index (κ1) is 45.3. The Labute approximate surface area is 306 Å². The SMILES string of the molecule is COC(OC)OC.Cc1ccc(-c2nncs2)cc1Br.Cc1ccc(C#N)cc1Br.Cc1ccc(C(=S)NN)cc1Br.NN.S. The van der Waals surface area contributed by atoms with Crippen molar-refractivity contribution >= 4 is 89.8 Å². The van der Waals surface area contributed by atoms with Crippen molar-refractivity contribution in [3.05, 3.63) is 101 Å². The number of hydrogen-bond donors (Lipinski definition) is 4. The van der Waals surface area contributed by atoms with Gasteiger partial charge in [0.05, 0.1) is 11.6 Å². The molecule has 246 valence electrons. The second-order valence-electron chi connectivity index (χ2n) is 8.22. The van der Waals surface area contributed by atoms with Crippen LogP contribution in [0.25, 0.3) is 10.6 Å². The number of nitrogens with one attached hydrogen (secondary N) is 1. The Morgan fingerprint density at radius 2 is 1.36 bits per heavy atom. The van der Waals surface area contributed by atoms with Gasteiger partial charge in [0.25, 0.3) is 6.48 Å². The van der Waals surface area contributed by atoms with Gasteiger partial charge >= 0.3 is 0 Å². The zero-order chi connectivity index (χ0) is 33.7. The maximum absolute atomic E-state index is 8.48. The molecule has 0 radical (unpaired) electrons. The molecule has 0 bridgehead atoms. The number of rotatable bonds is 5. The van der Waals surface area contributed by atoms with E-state index in [-0.39, 0.29) is 13.5 Å². The van der Waals surface area contributed by atoms with Crippen molar-refractivity contribution in [1.29, 1.82) is 5.26 Å². The van der Waals surface area contributed by atoms with Crippen molar-refractivity contribution in [3.63, 3.8) is 0 Å². The van der Waals surface area contributed by atoms with E-state index in [2.05, 4.69) is 121 Å². The Bertz CT molecular complexity index is 1450. The van der Waals surface area contributed by atoms with Gasteiger partial charge in [-0.2, -0.15) is 18.8 Å². The topological polar surface area (TPSA) is 167 Å². The molecule has 0 aliphatic heterocycles. The summed E-state index contributed by atoms with van der Waals surface area (Å²) < 4.78 is 17.0. The number of nitrogens with two attached hydrogens (primary N) is 3. The fourth-order valence-electron chi connectivity index (χ4n) is 2.79. The first-order valence-corrected chi connectivity index (χ1v) is 16.1. The summed E-state index contributed by atoms with van der Waals surface area (Å²) in [4.78, 5) is 0.552. The Hall–Kier alpha value is -1.85. The third-order valence-corrected chi connectivity index (χ3v) is 8.88. The molecule has 0 aliphatic carbocycles. The molecule has 0 spiro atoms. The number of hydrazine groups is 2. The quantitative estimate of drug-likeness (QED) is 0.0710. The molecule has 1 heterocycles. The molecule has 45 heavy (non-hydrogen) atoms. The summed E-state index contributed by atoms with van der Waals surface area (Å²) in [6.45, 7) is 5.56. The van der Waals surface area contributed by atoms with E-state index in [1.165, 1.54) is 32.5 Å². The maximum Gasteiger partial charge on any atom is 0.270 e. The minimum Gasteiger partial charge on any atom is -0.333 e. The summed E-state index contributed by atoms with van der Waals surface area (Å²) in [5, 5.41) is 17.2. The van der Waals surface area contributed by atoms with E-state index in [1.54, 1.807) is 22.9 Å². The molecule has 4 rings (SSSR count). The third-order valence-electron chi connectivity index (χ3n) is 5.22. The number of halogens is 3. The Morgan fingerprint density at radius 1 is 0.867 bits per heavy atom. The molecular weight excluding hydrogens is 830 g/mol. The maximum atomic E-state index is 8.48. The summed E-state index contributed by atoms with van der Waals surface area (Å²) in [6.07, 6.45) is 0. The largest absolute Gasteiger partial charge is 0.333 e. The zero-order valence-corrected chi connectivity index (χ0v) is 33.0. The fraction of sp³-hybridized carbons (Fsp3) is 0.241. The van der Waals surface area contributed by atoms with Crippen LogP contribution in [0.5, 0.6) is 0 Å². The lowest BCUT2D eigenvalue weighted by Gasteiger charge is -2.08. The molecule has 0 saturated carbocycles. The second kappa shape index (κ2) is 26.2. The number of thiocarbonyl (C=S) groups is 1. The van der Waals surface area contributed by atoms with Gasteiger partial charge in [-0.05, 0) is 61.7 Å². The number of ether oxygens (including phenoxy) is 3. The highest BCUT2D eigenvalue weighted by Crippen LogP contribution is 2.26. The van der Waals surface area contributed by atoms with Gasteiger partial charge in [-0.1, -0.05) is 102 Å². The average Bonchev–Trinajstić information content (AvgIpc) is 3.59. The van der Waals surface area contributed by atoms with Gasteiger partial charge < -0.3 is 19.6 Å². The highest BCUT2D eigenvalue weighted by Gasteiger charge is 2.03. The molecule has 0 amide bonds. The number of benzene rings is 3. The Morgan fingerprint density at radius 3 is 1.73 bits per heavy atom. The Kier molecular flexibility index (Phi) is 26.4. The summed E-state index contributed by atoms with van der Waals surface area (Å²) in [6, 6.07) is 19.7. The van der Waals surface area contributed by atoms with E-state index in [9.17, 15) is 0 Å². The molecule has 16 heteroatoms. The van der Waals surface area contributed by atoms with Gasteiger partial charge in [0, 0.05) is 45.9 Å². The van der Waals surface area contributed by atoms with Gasteiger partial charge in [0.1, 0.15) is 15.5 Å². The summed E-state index contributed by atoms with van der Waals surface area (Å²) >= 11 is 16.8. The predicted octanol–water partition coefficient (Wildman–Crippen LogP) is 6.94. The van der Waals surface area contributed by atoms with E-state index in [0.717, 1.165) is 35.1 Å². The van der Waals surface area contributed by atoms with E-state index in [1.807, 2.05) is 44.2 Å². The van der Waals surface area contributed by atoms with Crippen LogP contribution in [-0.2, 0) is 14.2 Å². The van der Waals surface area contributed by atoms with E-state index < -0.39 is 6.48 Å². The first-order valence-electron chi connectivity index (χ1n) is 12.4. The lowest BCUT2D eigenvalue weighted by atomic mass is 10.1. The van der Waals surface area contributed by atoms with Crippen LogP contribution < -0.4 is 23.0 Å². The smallest absolute Gasteiger partial charge is 0.270 e. The number of hydrogen-bond acceptors (Lipinski definition) is 11. The van der Waals surface area contributed by atoms with Gasteiger partial charge in [-0.25, -0.2) is 5.84 Å². The third kappa shape index (κ3) is 17.6. The van der Waals surface area contributed by atoms with Crippen molar-refractivity contribution in [1.82, 2.24) is 15.6 Å². The van der Waals surface area contributed by atoms with Crippen molar-refractivity contribution in [2.45, 2.75) is 27.2 Å². The predicted molar refractivity (Wildman–Crippen MR) is 203 cm³/mol. The molecule has 0 unspecified atom stereocenters. The molecule has 0 fully saturated rings. The van der Waals surface area contributed by atoms with Crippen LogP contribution in [0.4, 0.5) is 0 Å². The number of nitrogens with zero attached hydrogens (tertiary/aromatic N) is 3. The fourth-order valence-corrected chi connectivity index (χ4v) is 4.61. The molecule has 4 aromatic rings. The summed E-state index contributed by atoms with van der Waals surface area (Å²) in [7, 11) is 4.53. The molecule has 0 aliphatic rings. The van der Waals surface area contributed by atoms with Gasteiger partial charge in [0.15, 0.2) is 0 Å². The number of aryl methyl sites for hydroxylation is 3. The van der Waals surface area contributed by atoms with Gasteiger partial charge in [-0.15, -0.1) is 10.2 Å². The molecule has 0 saturated heterocycles. The number of aromatic nitrogens is 2. The van der Waals surface area contributed by atoms with Gasteiger partial charge in [-0.3, -0.25) is 11.7 Å². The second-order valence-corrected chi connectivity index (χ2v) is 12.0. The van der Waals surface area contributed by atoms with Crippen LogP contribution in [0, 0.1) is 32.1 Å². The van der Waals surface area contributed by atoms with Crippen LogP contribution in [0.1, 0.15) is 27.8 Å². The highest BCUT2D eigenvalue weighted by molar-refractivity contribution is 9.11. The lowest BCUT2D eigenvalue weighted by molar-refractivity contribution is -0.252. The number of nitriles is 1. The normalized spacial score (nSPS) is 9.24. The van der Waals surface area contributed by atoms with Crippen molar-refractivity contribution in [2.24, 2.45) is 17.5 Å². The van der Waals surface area contributed by atoms with Crippen molar-refractivity contribution in [2.75, 3.05) is 21.3 Å². The van der Waals surface area contributed by atoms with Crippen LogP contribution in [0.2, 0.25) is 0 Å². The van der Waals surface area contributed by atoms with Crippen LogP contribution in [0.15, 0.2) is 73.5 Å². The monoisotopic (exact) mass is 865 g/mol. The summed E-state index contributed by atoms with van der Waals surface area (Å²) in [5.74, 6) is 13.2. The number of methoxy groups -OCH3 is 3. The summed E-state index contributed by atoms with van der Waals surface area (Å²) in [5.41, 5.74) is 10.5. The van der Waals surface area contributed by atoms with Crippen molar-refractivity contribution in [3.8, 4) is 16.6 Å². The van der Waals surface area contributed by atoms with E-state index >= 15 is 0 Å². The molecule has 1 aromatic heterocycles. The Balaban J connectivity index is 0. The van der Waals surface area contributed by atoms with E-state index in [0.29, 0.717) is 10.6 Å². The van der Waals surface area contributed by atoms with Gasteiger partial charge in [0.2, 0.25) is 0 Å². The minimum atomic E-state index is -0.514. The molecule has 7 N–H and O–H groups in total. The van der Waals surface area contributed by atoms with Crippen LogP contribution in [-0.4, -0.2) is 43.0 Å². The van der Waals surface area contributed by atoms with Crippen molar-refractivity contribution < 1.29 is 14.2 Å². The zero-order valence-electron chi connectivity index (χ0n) is 25.6.